The SMILES string of the molecule is c1ccc(-c2ccccc2-c2c3ccccc3c(-c3cccc4ccccc34)c3cccc(-c4ccc5oc6ccccc6c5c4)c23)cc1. The zero-order valence-electron chi connectivity index (χ0n) is 26.7. The fraction of sp³-hybridized carbons (Fsp3) is 0. The van der Waals surface area contributed by atoms with Crippen molar-refractivity contribution < 1.29 is 4.42 Å². The first-order valence-corrected chi connectivity index (χ1v) is 16.9. The average Bonchev–Trinajstić information content (AvgIpc) is 3.55. The fourth-order valence-corrected chi connectivity index (χ4v) is 7.95. The lowest BCUT2D eigenvalue weighted by Crippen LogP contribution is -1.95. The molecule has 10 rings (SSSR count). The number of hydrogen-bond donors (Lipinski definition) is 0. The van der Waals surface area contributed by atoms with Crippen LogP contribution < -0.4 is 0 Å². The maximum Gasteiger partial charge on any atom is 0.135 e. The van der Waals surface area contributed by atoms with Gasteiger partial charge in [0.25, 0.3) is 0 Å². The maximum atomic E-state index is 6.26. The van der Waals surface area contributed by atoms with Crippen LogP contribution >= 0.6 is 0 Å². The van der Waals surface area contributed by atoms with E-state index < -0.39 is 0 Å². The summed E-state index contributed by atoms with van der Waals surface area (Å²) in [6.07, 6.45) is 0. The summed E-state index contributed by atoms with van der Waals surface area (Å²) in [5.41, 5.74) is 11.6. The molecule has 0 N–H and O–H groups in total. The molecule has 0 amide bonds. The molecule has 0 atom stereocenters. The van der Waals surface area contributed by atoms with Crippen LogP contribution in [0.5, 0.6) is 0 Å². The third kappa shape index (κ3) is 4.33. The van der Waals surface area contributed by atoms with Crippen molar-refractivity contribution >= 4 is 54.3 Å². The first-order valence-electron chi connectivity index (χ1n) is 16.9. The molecule has 0 spiro atoms. The van der Waals surface area contributed by atoms with Gasteiger partial charge in [-0.2, -0.15) is 0 Å². The summed E-state index contributed by atoms with van der Waals surface area (Å²) >= 11 is 0. The summed E-state index contributed by atoms with van der Waals surface area (Å²) in [4.78, 5) is 0. The van der Waals surface area contributed by atoms with Crippen LogP contribution in [-0.2, 0) is 0 Å². The van der Waals surface area contributed by atoms with Crippen LogP contribution in [0.4, 0.5) is 0 Å². The maximum absolute atomic E-state index is 6.26. The van der Waals surface area contributed by atoms with Crippen LogP contribution in [0.2, 0.25) is 0 Å². The van der Waals surface area contributed by atoms with Crippen molar-refractivity contribution in [3.05, 3.63) is 182 Å². The number of rotatable bonds is 4. The molecule has 1 heteroatoms. The normalized spacial score (nSPS) is 11.7. The van der Waals surface area contributed by atoms with Crippen molar-refractivity contribution in [1.82, 2.24) is 0 Å². The van der Waals surface area contributed by atoms with Crippen LogP contribution in [0.1, 0.15) is 0 Å². The number of hydrogen-bond acceptors (Lipinski definition) is 1. The summed E-state index contributed by atoms with van der Waals surface area (Å²) in [7, 11) is 0. The van der Waals surface area contributed by atoms with E-state index in [1.54, 1.807) is 0 Å². The van der Waals surface area contributed by atoms with Crippen LogP contribution in [-0.4, -0.2) is 0 Å². The van der Waals surface area contributed by atoms with Gasteiger partial charge in [-0.05, 0) is 95.0 Å². The Morgan fingerprint density at radius 3 is 1.71 bits per heavy atom. The first-order chi connectivity index (χ1) is 24.3. The Kier molecular flexibility index (Phi) is 6.25. The summed E-state index contributed by atoms with van der Waals surface area (Å²) in [6, 6.07) is 65.9. The van der Waals surface area contributed by atoms with Gasteiger partial charge >= 0.3 is 0 Å². The van der Waals surface area contributed by atoms with Gasteiger partial charge in [0.2, 0.25) is 0 Å². The minimum Gasteiger partial charge on any atom is -0.456 e. The topological polar surface area (TPSA) is 13.1 Å². The Hall–Kier alpha value is -6.44. The number of para-hydroxylation sites is 1. The Morgan fingerprint density at radius 2 is 0.857 bits per heavy atom. The van der Waals surface area contributed by atoms with E-state index in [2.05, 4.69) is 170 Å². The van der Waals surface area contributed by atoms with Crippen LogP contribution in [0.3, 0.4) is 0 Å². The molecule has 0 aliphatic rings. The highest BCUT2D eigenvalue weighted by atomic mass is 16.3. The smallest absolute Gasteiger partial charge is 0.135 e. The van der Waals surface area contributed by atoms with Gasteiger partial charge in [0.15, 0.2) is 0 Å². The molecule has 228 valence electrons. The molecule has 0 saturated heterocycles. The molecule has 0 unspecified atom stereocenters. The van der Waals surface area contributed by atoms with Crippen molar-refractivity contribution in [2.75, 3.05) is 0 Å². The van der Waals surface area contributed by atoms with Crippen LogP contribution in [0.15, 0.2) is 186 Å². The van der Waals surface area contributed by atoms with E-state index in [9.17, 15) is 0 Å². The van der Waals surface area contributed by atoms with Gasteiger partial charge in [0.05, 0.1) is 0 Å². The third-order valence-electron chi connectivity index (χ3n) is 10.1. The van der Waals surface area contributed by atoms with E-state index in [4.69, 9.17) is 4.42 Å². The molecule has 0 bridgehead atoms. The van der Waals surface area contributed by atoms with Crippen molar-refractivity contribution in [2.24, 2.45) is 0 Å². The molecule has 1 heterocycles. The van der Waals surface area contributed by atoms with Gasteiger partial charge in [-0.15, -0.1) is 0 Å². The minimum atomic E-state index is 0.904. The van der Waals surface area contributed by atoms with Crippen LogP contribution in [0, 0.1) is 0 Å². The Bertz CT molecular complexity index is 2870. The molecule has 9 aromatic carbocycles. The summed E-state index contributed by atoms with van der Waals surface area (Å²) in [5, 5.41) is 9.74. The molecule has 10 aromatic rings. The van der Waals surface area contributed by atoms with Crippen molar-refractivity contribution in [2.45, 2.75) is 0 Å². The monoisotopic (exact) mass is 622 g/mol. The van der Waals surface area contributed by atoms with Gasteiger partial charge < -0.3 is 4.42 Å². The van der Waals surface area contributed by atoms with E-state index in [1.807, 2.05) is 12.1 Å². The molecular formula is C48H30O. The van der Waals surface area contributed by atoms with E-state index in [1.165, 1.54) is 76.8 Å². The van der Waals surface area contributed by atoms with Crippen molar-refractivity contribution in [3.8, 4) is 44.5 Å². The second-order valence-electron chi connectivity index (χ2n) is 12.8. The Morgan fingerprint density at radius 1 is 0.286 bits per heavy atom. The Balaban J connectivity index is 1.40. The van der Waals surface area contributed by atoms with Gasteiger partial charge in [-0.3, -0.25) is 0 Å². The minimum absolute atomic E-state index is 0.904. The van der Waals surface area contributed by atoms with E-state index >= 15 is 0 Å². The lowest BCUT2D eigenvalue weighted by molar-refractivity contribution is 0.669. The van der Waals surface area contributed by atoms with Gasteiger partial charge in [0.1, 0.15) is 11.2 Å². The van der Waals surface area contributed by atoms with Crippen molar-refractivity contribution in [1.29, 1.82) is 0 Å². The highest BCUT2D eigenvalue weighted by Gasteiger charge is 2.22. The molecule has 49 heavy (non-hydrogen) atoms. The third-order valence-corrected chi connectivity index (χ3v) is 10.1. The molecule has 0 radical (unpaired) electrons. The lowest BCUT2D eigenvalue weighted by atomic mass is 9.80. The highest BCUT2D eigenvalue weighted by molar-refractivity contribution is 6.27. The molecular weight excluding hydrogens is 593 g/mol. The van der Waals surface area contributed by atoms with E-state index in [0.717, 1.165) is 21.9 Å². The zero-order valence-corrected chi connectivity index (χ0v) is 26.7. The van der Waals surface area contributed by atoms with Crippen molar-refractivity contribution in [3.63, 3.8) is 0 Å². The van der Waals surface area contributed by atoms with E-state index in [0.29, 0.717) is 0 Å². The largest absolute Gasteiger partial charge is 0.456 e. The molecule has 0 aliphatic carbocycles. The summed E-state index contributed by atoms with van der Waals surface area (Å²) < 4.78 is 6.26. The average molecular weight is 623 g/mol. The van der Waals surface area contributed by atoms with Gasteiger partial charge in [0, 0.05) is 10.8 Å². The second kappa shape index (κ2) is 11.1. The second-order valence-corrected chi connectivity index (χ2v) is 12.8. The molecule has 1 aromatic heterocycles. The molecule has 0 aliphatic heterocycles. The van der Waals surface area contributed by atoms with Crippen LogP contribution in [0.25, 0.3) is 98.8 Å². The number of benzene rings is 9. The predicted molar refractivity (Wildman–Crippen MR) is 208 cm³/mol. The number of furan rings is 1. The Labute approximate surface area is 284 Å². The summed E-state index contributed by atoms with van der Waals surface area (Å²) in [5.74, 6) is 0. The summed E-state index contributed by atoms with van der Waals surface area (Å²) in [6.45, 7) is 0. The molecule has 0 saturated carbocycles. The number of fused-ring (bicyclic) bond motifs is 6. The van der Waals surface area contributed by atoms with Gasteiger partial charge in [-0.25, -0.2) is 0 Å². The van der Waals surface area contributed by atoms with Gasteiger partial charge in [-0.1, -0.05) is 164 Å². The molecule has 1 nitrogen and oxygen atoms in total. The molecule has 0 fully saturated rings. The highest BCUT2D eigenvalue weighted by Crippen LogP contribution is 2.50. The predicted octanol–water partition coefficient (Wildman–Crippen LogP) is 13.7. The quantitative estimate of drug-likeness (QED) is 0.178. The standard InChI is InChI=1S/C48H30O/c1-2-14-31(15-3-1)35-19-6-7-21-39(35)48-41-23-9-8-22-40(41)46(38-25-12-17-32-16-4-5-18-34(32)38)42-26-13-24-36(47(42)48)33-28-29-45-43(30-33)37-20-10-11-27-44(37)49-45/h1-30H. The lowest BCUT2D eigenvalue weighted by Gasteiger charge is -2.22. The first kappa shape index (κ1) is 27.7. The fourth-order valence-electron chi connectivity index (χ4n) is 7.95. The zero-order chi connectivity index (χ0) is 32.3. The van der Waals surface area contributed by atoms with E-state index in [-0.39, 0.29) is 0 Å².